The third-order valence-corrected chi connectivity index (χ3v) is 4.51. The van der Waals surface area contributed by atoms with Crippen molar-refractivity contribution in [1.82, 2.24) is 0 Å². The number of ether oxygens (including phenoxy) is 2. The van der Waals surface area contributed by atoms with E-state index in [1.165, 1.54) is 11.3 Å². The van der Waals surface area contributed by atoms with Crippen molar-refractivity contribution in [3.63, 3.8) is 0 Å². The van der Waals surface area contributed by atoms with Gasteiger partial charge in [0.2, 0.25) is 0 Å². The molecule has 0 radical (unpaired) electrons. The zero-order valence-electron chi connectivity index (χ0n) is 13.1. The molecule has 1 aromatic heterocycles. The molecular weight excluding hydrogens is 298 g/mol. The third kappa shape index (κ3) is 3.09. The van der Waals surface area contributed by atoms with Gasteiger partial charge in [-0.05, 0) is 18.9 Å². The number of methoxy groups -OCH3 is 1. The normalized spacial score (nSPS) is 10.5. The molecule has 0 bridgehead atoms. The third-order valence-electron chi connectivity index (χ3n) is 3.35. The first-order valence-corrected chi connectivity index (χ1v) is 8.17. The fourth-order valence-corrected chi connectivity index (χ4v) is 3.36. The molecule has 2 aromatic rings. The second-order valence-corrected chi connectivity index (χ2v) is 5.97. The Hall–Kier alpha value is -2.01. The van der Waals surface area contributed by atoms with Crippen molar-refractivity contribution in [2.45, 2.75) is 26.7 Å². The maximum atomic E-state index is 12.4. The molecule has 2 N–H and O–H groups in total. The van der Waals surface area contributed by atoms with E-state index in [2.05, 4.69) is 0 Å². The van der Waals surface area contributed by atoms with Crippen LogP contribution in [0.15, 0.2) is 24.3 Å². The van der Waals surface area contributed by atoms with Gasteiger partial charge < -0.3 is 15.2 Å². The first-order valence-electron chi connectivity index (χ1n) is 7.35. The van der Waals surface area contributed by atoms with Gasteiger partial charge in [0.1, 0.15) is 16.3 Å². The summed E-state index contributed by atoms with van der Waals surface area (Å²) in [6.45, 7) is 4.40. The summed E-state index contributed by atoms with van der Waals surface area (Å²) in [4.78, 5) is 13.5. The fraction of sp³-hybridized carbons (Fsp3) is 0.353. The lowest BCUT2D eigenvalue weighted by molar-refractivity contribution is 0.0507. The number of anilines is 1. The van der Waals surface area contributed by atoms with E-state index in [4.69, 9.17) is 15.2 Å². The molecule has 0 amide bonds. The van der Waals surface area contributed by atoms with E-state index in [-0.39, 0.29) is 5.97 Å². The van der Waals surface area contributed by atoms with E-state index in [0.717, 1.165) is 34.6 Å². The summed E-state index contributed by atoms with van der Waals surface area (Å²) >= 11 is 1.44. The minimum atomic E-state index is -0.365. The highest BCUT2D eigenvalue weighted by atomic mass is 32.1. The van der Waals surface area contributed by atoms with E-state index < -0.39 is 0 Å². The topological polar surface area (TPSA) is 61.5 Å². The molecule has 1 heterocycles. The Morgan fingerprint density at radius 2 is 2.00 bits per heavy atom. The Bertz CT molecular complexity index is 664. The number of rotatable bonds is 6. The molecule has 0 aliphatic rings. The summed E-state index contributed by atoms with van der Waals surface area (Å²) in [5.74, 6) is 0.357. The van der Waals surface area contributed by atoms with Gasteiger partial charge in [-0.2, -0.15) is 0 Å². The Labute approximate surface area is 134 Å². The van der Waals surface area contributed by atoms with Crippen molar-refractivity contribution in [1.29, 1.82) is 0 Å². The van der Waals surface area contributed by atoms with E-state index in [1.54, 1.807) is 7.11 Å². The maximum absolute atomic E-state index is 12.4. The molecule has 0 saturated carbocycles. The Kier molecular flexibility index (Phi) is 5.44. The van der Waals surface area contributed by atoms with E-state index in [1.807, 2.05) is 38.1 Å². The predicted molar refractivity (Wildman–Crippen MR) is 90.7 cm³/mol. The summed E-state index contributed by atoms with van der Waals surface area (Å²) < 4.78 is 10.7. The molecule has 1 aromatic carbocycles. The number of hydrogen-bond donors (Lipinski definition) is 1. The number of hydrogen-bond acceptors (Lipinski definition) is 5. The molecule has 0 atom stereocenters. The SMILES string of the molecule is CCCOC(=O)c1c(N)sc(CC)c1-c1ccccc1OC. The summed E-state index contributed by atoms with van der Waals surface area (Å²) in [6, 6.07) is 7.64. The lowest BCUT2D eigenvalue weighted by Gasteiger charge is -2.11. The minimum Gasteiger partial charge on any atom is -0.496 e. The molecule has 22 heavy (non-hydrogen) atoms. The number of nitrogen functional groups attached to an aromatic ring is 1. The zero-order valence-corrected chi connectivity index (χ0v) is 14.0. The van der Waals surface area contributed by atoms with Gasteiger partial charge in [-0.15, -0.1) is 11.3 Å². The highest BCUT2D eigenvalue weighted by Gasteiger charge is 2.25. The van der Waals surface area contributed by atoms with Crippen LogP contribution in [0, 0.1) is 0 Å². The molecule has 118 valence electrons. The van der Waals surface area contributed by atoms with Crippen LogP contribution in [-0.4, -0.2) is 19.7 Å². The average Bonchev–Trinajstić information content (AvgIpc) is 2.88. The van der Waals surface area contributed by atoms with Crippen LogP contribution in [0.5, 0.6) is 5.75 Å². The van der Waals surface area contributed by atoms with Crippen LogP contribution in [0.2, 0.25) is 0 Å². The summed E-state index contributed by atoms with van der Waals surface area (Å²) in [7, 11) is 1.62. The van der Waals surface area contributed by atoms with Crippen molar-refractivity contribution in [2.75, 3.05) is 19.5 Å². The molecule has 5 heteroatoms. The van der Waals surface area contributed by atoms with Crippen molar-refractivity contribution in [3.8, 4) is 16.9 Å². The zero-order chi connectivity index (χ0) is 16.1. The van der Waals surface area contributed by atoms with E-state index in [9.17, 15) is 4.79 Å². The van der Waals surface area contributed by atoms with Crippen molar-refractivity contribution in [3.05, 3.63) is 34.7 Å². The first-order chi connectivity index (χ1) is 10.6. The van der Waals surface area contributed by atoms with Crippen LogP contribution >= 0.6 is 11.3 Å². The summed E-state index contributed by atoms with van der Waals surface area (Å²) in [5.41, 5.74) is 8.26. The number of benzene rings is 1. The van der Waals surface area contributed by atoms with Gasteiger partial charge in [0.15, 0.2) is 0 Å². The molecule has 2 rings (SSSR count). The van der Waals surface area contributed by atoms with Crippen LogP contribution in [0.4, 0.5) is 5.00 Å². The molecule has 0 spiro atoms. The molecule has 0 aliphatic heterocycles. The number of thiophene rings is 1. The molecule has 0 saturated heterocycles. The highest BCUT2D eigenvalue weighted by Crippen LogP contribution is 2.42. The summed E-state index contributed by atoms with van der Waals surface area (Å²) in [6.07, 6.45) is 1.57. The van der Waals surface area contributed by atoms with Crippen molar-refractivity contribution < 1.29 is 14.3 Å². The number of para-hydroxylation sites is 1. The molecule has 0 fully saturated rings. The Morgan fingerprint density at radius 3 is 2.64 bits per heavy atom. The van der Waals surface area contributed by atoms with Crippen molar-refractivity contribution in [2.24, 2.45) is 0 Å². The fourth-order valence-electron chi connectivity index (χ4n) is 2.35. The number of aryl methyl sites for hydroxylation is 1. The number of carbonyl (C=O) groups excluding carboxylic acids is 1. The molecular formula is C17H21NO3S. The van der Waals surface area contributed by atoms with Crippen LogP contribution in [0.25, 0.3) is 11.1 Å². The van der Waals surface area contributed by atoms with Gasteiger partial charge in [0.25, 0.3) is 0 Å². The largest absolute Gasteiger partial charge is 0.496 e. The number of esters is 1. The Morgan fingerprint density at radius 1 is 1.27 bits per heavy atom. The van der Waals surface area contributed by atoms with Gasteiger partial charge >= 0.3 is 5.97 Å². The molecule has 0 aliphatic carbocycles. The standard InChI is InChI=1S/C17H21NO3S/c1-4-10-21-17(19)15-14(13(5-2)22-16(15)18)11-8-6-7-9-12(11)20-3/h6-9H,4-5,10,18H2,1-3H3. The van der Waals surface area contributed by atoms with E-state index >= 15 is 0 Å². The van der Waals surface area contributed by atoms with E-state index in [0.29, 0.717) is 17.2 Å². The first kappa shape index (κ1) is 16.4. The van der Waals surface area contributed by atoms with Crippen LogP contribution in [0.3, 0.4) is 0 Å². The smallest absolute Gasteiger partial charge is 0.341 e. The van der Waals surface area contributed by atoms with Gasteiger partial charge in [0, 0.05) is 16.0 Å². The molecule has 0 unspecified atom stereocenters. The minimum absolute atomic E-state index is 0.365. The predicted octanol–water partition coefficient (Wildman–Crippen LogP) is 4.14. The average molecular weight is 319 g/mol. The van der Waals surface area contributed by atoms with Crippen LogP contribution in [0.1, 0.15) is 35.5 Å². The lowest BCUT2D eigenvalue weighted by atomic mass is 9.99. The molecule has 4 nitrogen and oxygen atoms in total. The number of carbonyl (C=O) groups is 1. The monoisotopic (exact) mass is 319 g/mol. The van der Waals surface area contributed by atoms with Gasteiger partial charge in [-0.25, -0.2) is 4.79 Å². The van der Waals surface area contributed by atoms with Crippen LogP contribution < -0.4 is 10.5 Å². The summed E-state index contributed by atoms with van der Waals surface area (Å²) in [5, 5.41) is 0.499. The second kappa shape index (κ2) is 7.31. The quantitative estimate of drug-likeness (QED) is 0.813. The van der Waals surface area contributed by atoms with Gasteiger partial charge in [-0.3, -0.25) is 0 Å². The van der Waals surface area contributed by atoms with Crippen molar-refractivity contribution >= 4 is 22.3 Å². The number of nitrogens with two attached hydrogens (primary N) is 1. The van der Waals surface area contributed by atoms with Gasteiger partial charge in [-0.1, -0.05) is 32.0 Å². The maximum Gasteiger partial charge on any atom is 0.341 e. The van der Waals surface area contributed by atoms with Crippen LogP contribution in [-0.2, 0) is 11.2 Å². The highest BCUT2D eigenvalue weighted by molar-refractivity contribution is 7.17. The Balaban J connectivity index is 2.60. The lowest BCUT2D eigenvalue weighted by Crippen LogP contribution is -2.08. The van der Waals surface area contributed by atoms with Gasteiger partial charge in [0.05, 0.1) is 13.7 Å². The second-order valence-electron chi connectivity index (χ2n) is 4.83.